The average molecular weight is 439 g/mol. The molecule has 0 saturated heterocycles. The van der Waals surface area contributed by atoms with E-state index in [2.05, 4.69) is 19.2 Å². The monoisotopic (exact) mass is 438 g/mol. The summed E-state index contributed by atoms with van der Waals surface area (Å²) in [6.45, 7) is 6.07. The highest BCUT2D eigenvalue weighted by Gasteiger charge is 2.29. The number of hydrogen-bond donors (Lipinski definition) is 1. The third-order valence-corrected chi connectivity index (χ3v) is 6.21. The molecule has 2 aromatic rings. The summed E-state index contributed by atoms with van der Waals surface area (Å²) in [7, 11) is 2.00. The zero-order chi connectivity index (χ0) is 22.9. The van der Waals surface area contributed by atoms with Crippen LogP contribution in [0.25, 0.3) is 0 Å². The number of aromatic nitrogens is 1. The molecule has 1 aliphatic rings. The van der Waals surface area contributed by atoms with Crippen LogP contribution in [0.15, 0.2) is 48.7 Å². The van der Waals surface area contributed by atoms with Crippen molar-refractivity contribution in [2.45, 2.75) is 65.1 Å². The highest BCUT2D eigenvalue weighted by molar-refractivity contribution is 5.84. The Kier molecular flexibility index (Phi) is 8.77. The SMILES string of the molecule is CC(C)CN(Cc1cccn1C)C(=O)CN(C(=O)NCc1ccccc1)C1CCCCC1. The van der Waals surface area contributed by atoms with Crippen molar-refractivity contribution >= 4 is 11.9 Å². The zero-order valence-corrected chi connectivity index (χ0v) is 19.8. The lowest BCUT2D eigenvalue weighted by molar-refractivity contribution is -0.133. The number of rotatable bonds is 9. The molecule has 1 fully saturated rings. The van der Waals surface area contributed by atoms with E-state index in [1.54, 1.807) is 4.90 Å². The van der Waals surface area contributed by atoms with Crippen molar-refractivity contribution in [1.82, 2.24) is 19.7 Å². The van der Waals surface area contributed by atoms with Gasteiger partial charge in [-0.2, -0.15) is 0 Å². The first-order valence-corrected chi connectivity index (χ1v) is 11.9. The molecule has 3 rings (SSSR count). The van der Waals surface area contributed by atoms with Gasteiger partial charge in [-0.3, -0.25) is 4.79 Å². The van der Waals surface area contributed by atoms with Crippen LogP contribution in [0.4, 0.5) is 4.79 Å². The Bertz CT molecular complexity index is 856. The highest BCUT2D eigenvalue weighted by Crippen LogP contribution is 2.23. The number of hydrogen-bond acceptors (Lipinski definition) is 2. The molecule has 0 aliphatic heterocycles. The number of carbonyl (C=O) groups excluding carboxylic acids is 2. The molecule has 3 amide bonds. The Labute approximate surface area is 192 Å². The summed E-state index contributed by atoms with van der Waals surface area (Å²) in [5.41, 5.74) is 2.15. The molecule has 6 heteroatoms. The molecule has 1 heterocycles. The second-order valence-corrected chi connectivity index (χ2v) is 9.34. The number of amides is 3. The number of benzene rings is 1. The molecule has 6 nitrogen and oxygen atoms in total. The van der Waals surface area contributed by atoms with Gasteiger partial charge in [0, 0.05) is 38.1 Å². The first kappa shape index (κ1) is 23.9. The molecule has 32 heavy (non-hydrogen) atoms. The molecule has 1 N–H and O–H groups in total. The number of urea groups is 1. The van der Waals surface area contributed by atoms with Crippen LogP contribution in [-0.2, 0) is 24.9 Å². The topological polar surface area (TPSA) is 57.6 Å². The predicted octanol–water partition coefficient (Wildman–Crippen LogP) is 4.55. The first-order valence-electron chi connectivity index (χ1n) is 11.9. The maximum Gasteiger partial charge on any atom is 0.318 e. The highest BCUT2D eigenvalue weighted by atomic mass is 16.2. The zero-order valence-electron chi connectivity index (χ0n) is 19.8. The van der Waals surface area contributed by atoms with Gasteiger partial charge < -0.3 is 19.7 Å². The molecule has 174 valence electrons. The van der Waals surface area contributed by atoms with Gasteiger partial charge in [0.2, 0.25) is 5.91 Å². The molecule has 1 aromatic heterocycles. The second-order valence-electron chi connectivity index (χ2n) is 9.34. The molecular weight excluding hydrogens is 400 g/mol. The van der Waals surface area contributed by atoms with Gasteiger partial charge >= 0.3 is 6.03 Å². The quantitative estimate of drug-likeness (QED) is 0.624. The summed E-state index contributed by atoms with van der Waals surface area (Å²) < 4.78 is 2.05. The van der Waals surface area contributed by atoms with Crippen LogP contribution >= 0.6 is 0 Å². The largest absolute Gasteiger partial charge is 0.353 e. The van der Waals surface area contributed by atoms with Crippen molar-refractivity contribution in [3.05, 3.63) is 59.9 Å². The molecular formula is C26H38N4O2. The Balaban J connectivity index is 1.71. The third kappa shape index (κ3) is 6.87. The van der Waals surface area contributed by atoms with E-state index < -0.39 is 0 Å². The number of carbonyl (C=O) groups is 2. The standard InChI is InChI=1S/C26H38N4O2/c1-21(2)18-29(19-24-15-10-16-28(24)3)25(31)20-30(23-13-8-5-9-14-23)26(32)27-17-22-11-6-4-7-12-22/h4,6-7,10-12,15-16,21,23H,5,8-9,13-14,17-20H2,1-3H3,(H,27,32). The molecule has 0 spiro atoms. The molecule has 0 bridgehead atoms. The first-order chi connectivity index (χ1) is 15.4. The molecule has 0 radical (unpaired) electrons. The normalized spacial score (nSPS) is 14.4. The van der Waals surface area contributed by atoms with Crippen molar-refractivity contribution in [2.75, 3.05) is 13.1 Å². The lowest BCUT2D eigenvalue weighted by Crippen LogP contribution is -2.51. The van der Waals surface area contributed by atoms with E-state index in [-0.39, 0.29) is 24.5 Å². The van der Waals surface area contributed by atoms with Crippen molar-refractivity contribution in [2.24, 2.45) is 13.0 Å². The van der Waals surface area contributed by atoms with Gasteiger partial charge in [-0.25, -0.2) is 4.79 Å². The van der Waals surface area contributed by atoms with Gasteiger partial charge in [-0.15, -0.1) is 0 Å². The fourth-order valence-electron chi connectivity index (χ4n) is 4.43. The van der Waals surface area contributed by atoms with Crippen LogP contribution in [0.1, 0.15) is 57.2 Å². The van der Waals surface area contributed by atoms with E-state index in [0.717, 1.165) is 36.9 Å². The van der Waals surface area contributed by atoms with Gasteiger partial charge in [0.05, 0.1) is 6.54 Å². The summed E-state index contributed by atoms with van der Waals surface area (Å²) in [5, 5.41) is 3.05. The fraction of sp³-hybridized carbons (Fsp3) is 0.538. The van der Waals surface area contributed by atoms with Gasteiger partial charge in [-0.1, -0.05) is 63.4 Å². The van der Waals surface area contributed by atoms with Gasteiger partial charge in [0.25, 0.3) is 0 Å². The van der Waals surface area contributed by atoms with Crippen molar-refractivity contribution in [3.63, 3.8) is 0 Å². The molecule has 0 unspecified atom stereocenters. The maximum absolute atomic E-state index is 13.4. The lowest BCUT2D eigenvalue weighted by Gasteiger charge is -2.36. The maximum atomic E-state index is 13.4. The summed E-state index contributed by atoms with van der Waals surface area (Å²) in [5.74, 6) is 0.370. The van der Waals surface area contributed by atoms with Crippen LogP contribution in [0.3, 0.4) is 0 Å². The lowest BCUT2D eigenvalue weighted by atomic mass is 9.94. The summed E-state index contributed by atoms with van der Waals surface area (Å²) in [6.07, 6.45) is 7.36. The molecule has 1 aliphatic carbocycles. The smallest absolute Gasteiger partial charge is 0.318 e. The number of nitrogens with zero attached hydrogens (tertiary/aromatic N) is 3. The van der Waals surface area contributed by atoms with Crippen LogP contribution in [-0.4, -0.2) is 45.4 Å². The van der Waals surface area contributed by atoms with Gasteiger partial charge in [-0.05, 0) is 36.5 Å². The van der Waals surface area contributed by atoms with Crippen molar-refractivity contribution in [3.8, 4) is 0 Å². The van der Waals surface area contributed by atoms with E-state index in [9.17, 15) is 9.59 Å². The van der Waals surface area contributed by atoms with Crippen molar-refractivity contribution in [1.29, 1.82) is 0 Å². The molecule has 0 atom stereocenters. The Morgan fingerprint density at radius 2 is 1.78 bits per heavy atom. The van der Waals surface area contributed by atoms with Crippen LogP contribution < -0.4 is 5.32 Å². The average Bonchev–Trinajstić information content (AvgIpc) is 3.20. The third-order valence-electron chi connectivity index (χ3n) is 6.21. The second kappa shape index (κ2) is 11.7. The molecule has 1 saturated carbocycles. The van der Waals surface area contributed by atoms with Gasteiger partial charge in [0.1, 0.15) is 6.54 Å². The minimum atomic E-state index is -0.141. The van der Waals surface area contributed by atoms with Crippen LogP contribution in [0.2, 0.25) is 0 Å². The Morgan fingerprint density at radius 3 is 2.41 bits per heavy atom. The fourth-order valence-corrected chi connectivity index (χ4v) is 4.43. The van der Waals surface area contributed by atoms with E-state index in [1.165, 1.54) is 6.42 Å². The molecule has 1 aromatic carbocycles. The Hall–Kier alpha value is -2.76. The van der Waals surface area contributed by atoms with E-state index >= 15 is 0 Å². The minimum Gasteiger partial charge on any atom is -0.353 e. The van der Waals surface area contributed by atoms with Crippen LogP contribution in [0, 0.1) is 5.92 Å². The number of aryl methyl sites for hydroxylation is 1. The summed E-state index contributed by atoms with van der Waals surface area (Å²) in [4.78, 5) is 30.3. The summed E-state index contributed by atoms with van der Waals surface area (Å²) in [6, 6.07) is 13.9. The minimum absolute atomic E-state index is 0.0142. The predicted molar refractivity (Wildman–Crippen MR) is 128 cm³/mol. The number of nitrogens with one attached hydrogen (secondary N) is 1. The van der Waals surface area contributed by atoms with E-state index in [4.69, 9.17) is 0 Å². The Morgan fingerprint density at radius 1 is 1.06 bits per heavy atom. The van der Waals surface area contributed by atoms with Crippen molar-refractivity contribution < 1.29 is 9.59 Å². The van der Waals surface area contributed by atoms with E-state index in [1.807, 2.05) is 65.2 Å². The summed E-state index contributed by atoms with van der Waals surface area (Å²) >= 11 is 0. The van der Waals surface area contributed by atoms with Gasteiger partial charge in [0.15, 0.2) is 0 Å². The van der Waals surface area contributed by atoms with Crippen LogP contribution in [0.5, 0.6) is 0 Å². The van der Waals surface area contributed by atoms with E-state index in [0.29, 0.717) is 25.6 Å².